The van der Waals surface area contributed by atoms with Crippen LogP contribution in [0.25, 0.3) is 0 Å². The van der Waals surface area contributed by atoms with Crippen molar-refractivity contribution >= 4 is 5.78 Å². The molecular weight excluding hydrogens is 203 g/mol. The number of carbonyl (C=O) groups is 1. The van der Waals surface area contributed by atoms with E-state index in [4.69, 9.17) is 0 Å². The Morgan fingerprint density at radius 2 is 2.12 bits per heavy atom. The van der Waals surface area contributed by atoms with E-state index < -0.39 is 0 Å². The van der Waals surface area contributed by atoms with Crippen molar-refractivity contribution in [3.05, 3.63) is 46.8 Å². The monoisotopic (exact) mass is 218 g/mol. The molecule has 0 saturated heterocycles. The highest BCUT2D eigenvalue weighted by molar-refractivity contribution is 5.91. The molecule has 1 aliphatic carbocycles. The van der Waals surface area contributed by atoms with Crippen LogP contribution >= 0.6 is 0 Å². The van der Waals surface area contributed by atoms with E-state index in [9.17, 15) is 9.18 Å². The van der Waals surface area contributed by atoms with Gasteiger partial charge in [-0.3, -0.25) is 4.79 Å². The van der Waals surface area contributed by atoms with Crippen molar-refractivity contribution in [2.24, 2.45) is 0 Å². The molecule has 0 bridgehead atoms. The predicted molar refractivity (Wildman–Crippen MR) is 61.8 cm³/mol. The van der Waals surface area contributed by atoms with E-state index in [0.717, 1.165) is 30.4 Å². The molecule has 0 unspecified atom stereocenters. The second-order valence-corrected chi connectivity index (χ2v) is 4.37. The quantitative estimate of drug-likeness (QED) is 0.744. The van der Waals surface area contributed by atoms with Gasteiger partial charge in [-0.1, -0.05) is 11.6 Å². The molecule has 2 heteroatoms. The van der Waals surface area contributed by atoms with Crippen molar-refractivity contribution in [1.82, 2.24) is 0 Å². The average molecular weight is 218 g/mol. The zero-order chi connectivity index (χ0) is 11.5. The van der Waals surface area contributed by atoms with Crippen molar-refractivity contribution in [2.75, 3.05) is 0 Å². The van der Waals surface area contributed by atoms with E-state index >= 15 is 0 Å². The largest absolute Gasteiger partial charge is 0.295 e. The van der Waals surface area contributed by atoms with Gasteiger partial charge in [0.25, 0.3) is 0 Å². The van der Waals surface area contributed by atoms with Gasteiger partial charge in [0, 0.05) is 6.42 Å². The fourth-order valence-electron chi connectivity index (χ4n) is 2.10. The van der Waals surface area contributed by atoms with Crippen LogP contribution in [0.5, 0.6) is 0 Å². The van der Waals surface area contributed by atoms with E-state index in [1.807, 2.05) is 13.0 Å². The predicted octanol–water partition coefficient (Wildman–Crippen LogP) is 3.36. The number of aryl methyl sites for hydroxylation is 1. The topological polar surface area (TPSA) is 17.1 Å². The lowest BCUT2D eigenvalue weighted by Gasteiger charge is -2.13. The summed E-state index contributed by atoms with van der Waals surface area (Å²) in [5.41, 5.74) is 3.24. The second-order valence-electron chi connectivity index (χ2n) is 4.37. The number of allylic oxidation sites excluding steroid dienone is 2. The van der Waals surface area contributed by atoms with Crippen LogP contribution in [0.15, 0.2) is 29.8 Å². The first-order valence-corrected chi connectivity index (χ1v) is 5.62. The summed E-state index contributed by atoms with van der Waals surface area (Å²) in [6.07, 6.45) is 5.14. The minimum atomic E-state index is -0.199. The number of hydrogen-bond donors (Lipinski definition) is 0. The Morgan fingerprint density at radius 1 is 1.31 bits per heavy atom. The molecule has 1 aliphatic rings. The summed E-state index contributed by atoms with van der Waals surface area (Å²) in [6.45, 7) is 1.91. The first kappa shape index (κ1) is 11.1. The number of carbonyl (C=O) groups excluding carboxylic acids is 1. The summed E-state index contributed by atoms with van der Waals surface area (Å²) in [4.78, 5) is 11.3. The zero-order valence-electron chi connectivity index (χ0n) is 9.42. The van der Waals surface area contributed by atoms with E-state index in [2.05, 4.69) is 0 Å². The highest BCUT2D eigenvalue weighted by Crippen LogP contribution is 2.21. The Bertz CT molecular complexity index is 446. The maximum absolute atomic E-state index is 12.9. The van der Waals surface area contributed by atoms with Crippen LogP contribution in [0.1, 0.15) is 30.4 Å². The molecule has 0 amide bonds. The van der Waals surface area contributed by atoms with Gasteiger partial charge in [-0.05, 0) is 55.5 Å². The molecule has 0 aliphatic heterocycles. The van der Waals surface area contributed by atoms with Gasteiger partial charge in [-0.15, -0.1) is 0 Å². The Balaban J connectivity index is 2.17. The van der Waals surface area contributed by atoms with Crippen LogP contribution in [0, 0.1) is 12.7 Å². The minimum absolute atomic E-state index is 0.199. The molecule has 0 fully saturated rings. The smallest absolute Gasteiger partial charge is 0.155 e. The lowest BCUT2D eigenvalue weighted by atomic mass is 9.92. The van der Waals surface area contributed by atoms with Crippen LogP contribution in [0.4, 0.5) is 4.39 Å². The Hall–Kier alpha value is -1.44. The fraction of sp³-hybridized carbons (Fsp3) is 0.357. The Labute approximate surface area is 95.0 Å². The number of benzene rings is 1. The molecule has 84 valence electrons. The summed E-state index contributed by atoms with van der Waals surface area (Å²) in [7, 11) is 0. The van der Waals surface area contributed by atoms with Crippen LogP contribution in [-0.2, 0) is 11.2 Å². The van der Waals surface area contributed by atoms with Crippen LogP contribution in [0.2, 0.25) is 0 Å². The molecule has 0 atom stereocenters. The molecule has 1 nitrogen and oxygen atoms in total. The van der Waals surface area contributed by atoms with Gasteiger partial charge < -0.3 is 0 Å². The van der Waals surface area contributed by atoms with Gasteiger partial charge in [0.2, 0.25) is 0 Å². The number of halogens is 1. The van der Waals surface area contributed by atoms with Gasteiger partial charge in [-0.25, -0.2) is 4.39 Å². The summed E-state index contributed by atoms with van der Waals surface area (Å²) in [5, 5.41) is 0. The summed E-state index contributed by atoms with van der Waals surface area (Å²) < 4.78 is 12.9. The first-order chi connectivity index (χ1) is 7.65. The maximum atomic E-state index is 12.9. The Morgan fingerprint density at radius 3 is 2.81 bits per heavy atom. The highest BCUT2D eigenvalue weighted by Gasteiger charge is 2.11. The lowest BCUT2D eigenvalue weighted by molar-refractivity contribution is -0.115. The van der Waals surface area contributed by atoms with Crippen molar-refractivity contribution < 1.29 is 9.18 Å². The minimum Gasteiger partial charge on any atom is -0.295 e. The zero-order valence-corrected chi connectivity index (χ0v) is 9.42. The average Bonchev–Trinajstić information content (AvgIpc) is 2.22. The van der Waals surface area contributed by atoms with Gasteiger partial charge in [0.15, 0.2) is 5.78 Å². The fourth-order valence-corrected chi connectivity index (χ4v) is 2.10. The molecule has 0 spiro atoms. The molecular formula is C14H15FO. The van der Waals surface area contributed by atoms with Crippen LogP contribution < -0.4 is 0 Å². The molecule has 0 saturated carbocycles. The standard InChI is InChI=1S/C14H15FO/c1-10-7-13(15)6-5-12(10)8-11-3-2-4-14(16)9-11/h5-7,9H,2-4,8H2,1H3. The number of rotatable bonds is 2. The third-order valence-corrected chi connectivity index (χ3v) is 3.01. The van der Waals surface area contributed by atoms with Crippen LogP contribution in [-0.4, -0.2) is 5.78 Å². The van der Waals surface area contributed by atoms with Gasteiger partial charge in [0.05, 0.1) is 0 Å². The van der Waals surface area contributed by atoms with Crippen LogP contribution in [0.3, 0.4) is 0 Å². The molecule has 16 heavy (non-hydrogen) atoms. The van der Waals surface area contributed by atoms with Gasteiger partial charge in [0.1, 0.15) is 5.82 Å². The second kappa shape index (κ2) is 4.60. The SMILES string of the molecule is Cc1cc(F)ccc1CC1=CC(=O)CCC1. The van der Waals surface area contributed by atoms with E-state index in [1.165, 1.54) is 11.6 Å². The van der Waals surface area contributed by atoms with Crippen molar-refractivity contribution in [3.8, 4) is 0 Å². The van der Waals surface area contributed by atoms with E-state index in [1.54, 1.807) is 12.1 Å². The molecule has 0 aromatic heterocycles. The molecule has 1 aromatic carbocycles. The number of hydrogen-bond acceptors (Lipinski definition) is 1. The third-order valence-electron chi connectivity index (χ3n) is 3.01. The summed E-state index contributed by atoms with van der Waals surface area (Å²) in [5.74, 6) is 0.0240. The first-order valence-electron chi connectivity index (χ1n) is 5.62. The van der Waals surface area contributed by atoms with Crippen molar-refractivity contribution in [1.29, 1.82) is 0 Å². The third kappa shape index (κ3) is 2.57. The lowest BCUT2D eigenvalue weighted by Crippen LogP contribution is -2.05. The molecule has 0 heterocycles. The Kier molecular flexibility index (Phi) is 3.18. The van der Waals surface area contributed by atoms with Gasteiger partial charge >= 0.3 is 0 Å². The number of ketones is 1. The van der Waals surface area contributed by atoms with E-state index in [-0.39, 0.29) is 11.6 Å². The molecule has 1 aromatic rings. The summed E-state index contributed by atoms with van der Waals surface area (Å²) in [6, 6.07) is 4.83. The summed E-state index contributed by atoms with van der Waals surface area (Å²) >= 11 is 0. The molecule has 2 rings (SSSR count). The highest BCUT2D eigenvalue weighted by atomic mass is 19.1. The van der Waals surface area contributed by atoms with E-state index in [0.29, 0.717) is 6.42 Å². The maximum Gasteiger partial charge on any atom is 0.155 e. The normalized spacial score (nSPS) is 16.1. The molecule has 0 N–H and O–H groups in total. The van der Waals surface area contributed by atoms with Gasteiger partial charge in [-0.2, -0.15) is 0 Å². The van der Waals surface area contributed by atoms with Crippen molar-refractivity contribution in [3.63, 3.8) is 0 Å². The molecule has 0 radical (unpaired) electrons. The van der Waals surface area contributed by atoms with Crippen molar-refractivity contribution in [2.45, 2.75) is 32.6 Å².